The van der Waals surface area contributed by atoms with Crippen LogP contribution in [0.15, 0.2) is 35.9 Å². The first-order valence-corrected chi connectivity index (χ1v) is 14.6. The summed E-state index contributed by atoms with van der Waals surface area (Å²) in [6.07, 6.45) is 2.92. The molecule has 0 aromatic heterocycles. The van der Waals surface area contributed by atoms with Gasteiger partial charge in [0, 0.05) is 37.8 Å². The van der Waals surface area contributed by atoms with Gasteiger partial charge >= 0.3 is 12.1 Å². The van der Waals surface area contributed by atoms with Gasteiger partial charge in [0.1, 0.15) is 24.2 Å². The van der Waals surface area contributed by atoms with Crippen molar-refractivity contribution in [3.8, 4) is 0 Å². The van der Waals surface area contributed by atoms with Gasteiger partial charge in [0.25, 0.3) is 0 Å². The number of nitrogens with zero attached hydrogens (tertiary/aromatic N) is 3. The Labute approximate surface area is 241 Å². The largest absolute Gasteiger partial charge is 0.457 e. The molecule has 2 fully saturated rings. The molecule has 1 aromatic carbocycles. The van der Waals surface area contributed by atoms with Crippen LogP contribution in [0, 0.1) is 17.7 Å². The van der Waals surface area contributed by atoms with E-state index in [1.807, 2.05) is 40.0 Å². The molecular weight excluding hydrogens is 532 g/mol. The first-order valence-electron chi connectivity index (χ1n) is 14.6. The Kier molecular flexibility index (Phi) is 10.4. The zero-order valence-corrected chi connectivity index (χ0v) is 24.5. The highest BCUT2D eigenvalue weighted by Gasteiger charge is 2.30. The molecule has 2 saturated heterocycles. The van der Waals surface area contributed by atoms with Crippen LogP contribution in [-0.2, 0) is 14.3 Å². The molecule has 3 aliphatic rings. The van der Waals surface area contributed by atoms with E-state index in [2.05, 4.69) is 4.90 Å². The smallest absolute Gasteiger partial charge is 0.410 e. The Bertz CT molecular complexity index is 1130. The van der Waals surface area contributed by atoms with Gasteiger partial charge in [-0.1, -0.05) is 26.0 Å². The Morgan fingerprint density at radius 2 is 1.80 bits per heavy atom. The molecule has 0 bridgehead atoms. The monoisotopic (exact) mass is 575 g/mol. The van der Waals surface area contributed by atoms with E-state index in [0.717, 1.165) is 13.1 Å². The maximum absolute atomic E-state index is 14.4. The molecule has 0 radical (unpaired) electrons. The van der Waals surface area contributed by atoms with Crippen molar-refractivity contribution in [3.05, 3.63) is 47.3 Å². The predicted molar refractivity (Wildman–Crippen MR) is 154 cm³/mol. The fourth-order valence-corrected chi connectivity index (χ4v) is 5.47. The van der Waals surface area contributed by atoms with E-state index in [1.54, 1.807) is 21.9 Å². The first-order chi connectivity index (χ1) is 19.5. The molecular formula is C31H43F2N3O5. The van der Waals surface area contributed by atoms with Gasteiger partial charge in [-0.2, -0.15) is 0 Å². The summed E-state index contributed by atoms with van der Waals surface area (Å²) in [7, 11) is 2.02. The number of hydrogen-bond acceptors (Lipinski definition) is 7. The molecule has 0 aliphatic carbocycles. The molecule has 10 heteroatoms. The number of piperazine rings is 1. The lowest BCUT2D eigenvalue weighted by atomic mass is 9.91. The Morgan fingerprint density at radius 3 is 2.49 bits per heavy atom. The highest BCUT2D eigenvalue weighted by molar-refractivity contribution is 5.71. The number of alkyl halides is 1. The summed E-state index contributed by atoms with van der Waals surface area (Å²) in [6, 6.07) is 4.55. The van der Waals surface area contributed by atoms with Crippen LogP contribution in [0.4, 0.5) is 19.3 Å². The van der Waals surface area contributed by atoms with Crippen molar-refractivity contribution in [3.63, 3.8) is 0 Å². The van der Waals surface area contributed by atoms with Crippen LogP contribution in [0.25, 0.3) is 6.08 Å². The second kappa shape index (κ2) is 13.8. The van der Waals surface area contributed by atoms with E-state index in [-0.39, 0.29) is 37.4 Å². The van der Waals surface area contributed by atoms with Gasteiger partial charge in [-0.25, -0.2) is 13.6 Å². The maximum atomic E-state index is 14.4. The summed E-state index contributed by atoms with van der Waals surface area (Å²) in [6.45, 7) is 8.92. The molecule has 5 atom stereocenters. The quantitative estimate of drug-likeness (QED) is 0.420. The van der Waals surface area contributed by atoms with Gasteiger partial charge in [-0.3, -0.25) is 4.79 Å². The number of rotatable bonds is 4. The molecule has 0 saturated carbocycles. The van der Waals surface area contributed by atoms with Crippen LogP contribution >= 0.6 is 0 Å². The van der Waals surface area contributed by atoms with Gasteiger partial charge in [-0.05, 0) is 68.1 Å². The van der Waals surface area contributed by atoms with E-state index < -0.39 is 36.3 Å². The molecule has 4 rings (SSSR count). The summed E-state index contributed by atoms with van der Waals surface area (Å²) in [5, 5.41) is 10.5. The zero-order chi connectivity index (χ0) is 29.7. The van der Waals surface area contributed by atoms with Crippen molar-refractivity contribution in [2.45, 2.75) is 64.5 Å². The summed E-state index contributed by atoms with van der Waals surface area (Å²) in [5.74, 6) is -1.34. The Balaban J connectivity index is 1.55. The van der Waals surface area contributed by atoms with Gasteiger partial charge in [-0.15, -0.1) is 0 Å². The topological polar surface area (TPSA) is 82.5 Å². The van der Waals surface area contributed by atoms with Crippen LogP contribution in [0.3, 0.4) is 0 Å². The lowest BCUT2D eigenvalue weighted by Crippen LogP contribution is -2.48. The second-order valence-corrected chi connectivity index (χ2v) is 11.8. The number of aliphatic hydroxyl groups excluding tert-OH is 1. The molecule has 1 aromatic rings. The second-order valence-electron chi connectivity index (χ2n) is 11.8. The number of carbonyl (C=O) groups excluding carboxylic acids is 2. The van der Waals surface area contributed by atoms with E-state index in [4.69, 9.17) is 9.47 Å². The van der Waals surface area contributed by atoms with Gasteiger partial charge in [0.05, 0.1) is 25.6 Å². The lowest BCUT2D eigenvalue weighted by Gasteiger charge is -2.36. The fourth-order valence-electron chi connectivity index (χ4n) is 5.47. The number of ether oxygens (including phenoxy) is 2. The number of halogens is 2. The first kappa shape index (κ1) is 31.0. The van der Waals surface area contributed by atoms with Crippen LogP contribution in [0.2, 0.25) is 0 Å². The number of carbonyl (C=O) groups is 2. The van der Waals surface area contributed by atoms with Gasteiger partial charge < -0.3 is 29.3 Å². The number of cyclic esters (lactones) is 1. The lowest BCUT2D eigenvalue weighted by molar-refractivity contribution is -0.151. The molecule has 0 unspecified atom stereocenters. The summed E-state index contributed by atoms with van der Waals surface area (Å²) in [5.41, 5.74) is 1.86. The fraction of sp³-hybridized carbons (Fsp3) is 0.613. The molecule has 226 valence electrons. The number of aliphatic hydroxyl groups is 1. The van der Waals surface area contributed by atoms with Crippen molar-refractivity contribution < 1.29 is 33.0 Å². The third-order valence-electron chi connectivity index (χ3n) is 8.21. The molecule has 1 N–H and O–H groups in total. The van der Waals surface area contributed by atoms with Gasteiger partial charge in [0.15, 0.2) is 0 Å². The minimum atomic E-state index is -0.912. The predicted octanol–water partition coefficient (Wildman–Crippen LogP) is 4.42. The molecule has 0 spiro atoms. The van der Waals surface area contributed by atoms with Crippen molar-refractivity contribution >= 4 is 23.8 Å². The Morgan fingerprint density at radius 1 is 1.10 bits per heavy atom. The minimum absolute atomic E-state index is 0.0776. The van der Waals surface area contributed by atoms with Crippen molar-refractivity contribution in [2.75, 3.05) is 51.2 Å². The van der Waals surface area contributed by atoms with Crippen LogP contribution in [0.5, 0.6) is 0 Å². The third kappa shape index (κ3) is 8.52. The highest BCUT2D eigenvalue weighted by Crippen LogP contribution is 2.29. The highest BCUT2D eigenvalue weighted by atomic mass is 19.1. The number of hydrogen-bond donors (Lipinski definition) is 1. The van der Waals surface area contributed by atoms with Crippen molar-refractivity contribution in [2.24, 2.45) is 11.8 Å². The van der Waals surface area contributed by atoms with Crippen LogP contribution in [0.1, 0.15) is 45.6 Å². The molecule has 3 aliphatic heterocycles. The number of esters is 1. The summed E-state index contributed by atoms with van der Waals surface area (Å²) in [4.78, 5) is 31.4. The van der Waals surface area contributed by atoms with Crippen molar-refractivity contribution in [1.82, 2.24) is 9.80 Å². The van der Waals surface area contributed by atoms with Crippen molar-refractivity contribution in [1.29, 1.82) is 0 Å². The molecule has 3 heterocycles. The number of amides is 1. The standard InChI is InChI=1S/C31H43F2N3O5/c1-20-5-7-27(37)17-29(38)41-30(21(2)6-8-28(20)40-31(39)35-11-9-34(4)10-12-35)22(3)13-23-14-24(32)16-26(15-23)36-18-25(33)19-36/h6,8,13-16,20-21,25,27-28,30,37H,5,7,9-12,17-19H2,1-4H3/b8-6+,22-13+/t20-,21-,27+,28-,30-/m0/s1. The number of anilines is 1. The average Bonchev–Trinajstić information content (AvgIpc) is 2.90. The molecule has 1 amide bonds. The maximum Gasteiger partial charge on any atom is 0.410 e. The van der Waals surface area contributed by atoms with E-state index in [0.29, 0.717) is 42.8 Å². The van der Waals surface area contributed by atoms with E-state index in [9.17, 15) is 23.5 Å². The molecule has 41 heavy (non-hydrogen) atoms. The van der Waals surface area contributed by atoms with Gasteiger partial charge in [0.2, 0.25) is 0 Å². The zero-order valence-electron chi connectivity index (χ0n) is 24.5. The van der Waals surface area contributed by atoms with E-state index in [1.165, 1.54) is 12.1 Å². The SMILES string of the molecule is C/C(=C\c1cc(F)cc(N2CC(F)C2)c1)[C@H]1OC(=O)C[C@H](O)CC[C@H](C)[C@@H](OC(=O)N2CCN(C)CC2)/C=C/[C@@H]1C. The number of benzene rings is 1. The normalized spacial score (nSPS) is 30.1. The Hall–Kier alpha value is -2.98. The van der Waals surface area contributed by atoms with Crippen LogP contribution in [-0.4, -0.2) is 97.8 Å². The molecule has 8 nitrogen and oxygen atoms in total. The van der Waals surface area contributed by atoms with E-state index >= 15 is 0 Å². The van der Waals surface area contributed by atoms with Crippen LogP contribution < -0.4 is 4.90 Å². The number of likely N-dealkylation sites (N-methyl/N-ethyl adjacent to an activating group) is 1. The average molecular weight is 576 g/mol. The summed E-state index contributed by atoms with van der Waals surface area (Å²) < 4.78 is 39.6. The summed E-state index contributed by atoms with van der Waals surface area (Å²) >= 11 is 0. The third-order valence-corrected chi connectivity index (χ3v) is 8.21. The minimum Gasteiger partial charge on any atom is -0.457 e.